The second-order valence-electron chi connectivity index (χ2n) is 5.86. The highest BCUT2D eigenvalue weighted by atomic mass is 16.5. The second kappa shape index (κ2) is 5.90. The van der Waals surface area contributed by atoms with E-state index in [0.717, 1.165) is 18.7 Å². The minimum atomic E-state index is 0.169. The maximum Gasteiger partial charge on any atom is 0.123 e. The maximum absolute atomic E-state index is 6.37. The average molecular weight is 281 g/mol. The lowest BCUT2D eigenvalue weighted by Gasteiger charge is -2.23. The van der Waals surface area contributed by atoms with Gasteiger partial charge < -0.3 is 10.1 Å². The monoisotopic (exact) mass is 281 g/mol. The third-order valence-electron chi connectivity index (χ3n) is 4.23. The lowest BCUT2D eigenvalue weighted by molar-refractivity contribution is 0.167. The maximum atomic E-state index is 6.37. The molecule has 0 spiro atoms. The van der Waals surface area contributed by atoms with Gasteiger partial charge in [0.05, 0.1) is 6.04 Å². The predicted octanol–water partition coefficient (Wildman–Crippen LogP) is 3.96. The van der Waals surface area contributed by atoms with Gasteiger partial charge in [-0.2, -0.15) is 0 Å². The number of ether oxygens (including phenoxy) is 1. The SMILES string of the molecule is CCNC1c2ccccc2CC1Oc1cc(C)ccc1C. The summed E-state index contributed by atoms with van der Waals surface area (Å²) in [5.41, 5.74) is 5.23. The molecule has 0 fully saturated rings. The molecule has 1 N–H and O–H groups in total. The van der Waals surface area contributed by atoms with Crippen molar-refractivity contribution >= 4 is 0 Å². The molecule has 0 saturated heterocycles. The third kappa shape index (κ3) is 2.81. The standard InChI is InChI=1S/C19H23NO/c1-4-20-19-16-8-6-5-7-15(16)12-18(19)21-17-11-13(2)9-10-14(17)3/h5-11,18-20H,4,12H2,1-3H3. The highest BCUT2D eigenvalue weighted by Gasteiger charge is 2.33. The van der Waals surface area contributed by atoms with Gasteiger partial charge in [-0.1, -0.05) is 43.3 Å². The van der Waals surface area contributed by atoms with Crippen LogP contribution in [0.15, 0.2) is 42.5 Å². The van der Waals surface area contributed by atoms with Gasteiger partial charge in [0.15, 0.2) is 0 Å². The van der Waals surface area contributed by atoms with Gasteiger partial charge in [-0.15, -0.1) is 0 Å². The molecule has 0 aromatic heterocycles. The zero-order valence-corrected chi connectivity index (χ0v) is 13.0. The largest absolute Gasteiger partial charge is 0.488 e. The number of benzene rings is 2. The first-order valence-corrected chi connectivity index (χ1v) is 7.74. The molecule has 2 unspecified atom stereocenters. The van der Waals surface area contributed by atoms with Crippen molar-refractivity contribution in [2.45, 2.75) is 39.3 Å². The number of rotatable bonds is 4. The Balaban J connectivity index is 1.87. The number of aryl methyl sites for hydroxylation is 2. The Bertz CT molecular complexity index is 635. The Kier molecular flexibility index (Phi) is 3.98. The van der Waals surface area contributed by atoms with Crippen LogP contribution in [0.25, 0.3) is 0 Å². The summed E-state index contributed by atoms with van der Waals surface area (Å²) in [5.74, 6) is 1.01. The molecule has 2 atom stereocenters. The number of nitrogens with one attached hydrogen (secondary N) is 1. The number of fused-ring (bicyclic) bond motifs is 1. The third-order valence-corrected chi connectivity index (χ3v) is 4.23. The number of hydrogen-bond donors (Lipinski definition) is 1. The van der Waals surface area contributed by atoms with Crippen LogP contribution in [0, 0.1) is 13.8 Å². The fourth-order valence-electron chi connectivity index (χ4n) is 3.13. The van der Waals surface area contributed by atoms with Crippen molar-refractivity contribution in [3.05, 3.63) is 64.7 Å². The Labute approximate surface area is 127 Å². The Hall–Kier alpha value is -1.80. The summed E-state index contributed by atoms with van der Waals surface area (Å²) in [7, 11) is 0. The smallest absolute Gasteiger partial charge is 0.123 e. The molecular weight excluding hydrogens is 258 g/mol. The highest BCUT2D eigenvalue weighted by Crippen LogP contribution is 2.35. The summed E-state index contributed by atoms with van der Waals surface area (Å²) in [5, 5.41) is 3.58. The average Bonchev–Trinajstić information content (AvgIpc) is 2.81. The number of likely N-dealkylation sites (N-methyl/N-ethyl adjacent to an activating group) is 1. The molecule has 0 amide bonds. The van der Waals surface area contributed by atoms with Crippen molar-refractivity contribution < 1.29 is 4.74 Å². The molecule has 1 aliphatic carbocycles. The van der Waals surface area contributed by atoms with E-state index in [0.29, 0.717) is 0 Å². The zero-order chi connectivity index (χ0) is 14.8. The van der Waals surface area contributed by atoms with Gasteiger partial charge in [0, 0.05) is 6.42 Å². The van der Waals surface area contributed by atoms with Crippen LogP contribution in [0.2, 0.25) is 0 Å². The van der Waals surface area contributed by atoms with Crippen molar-refractivity contribution in [1.29, 1.82) is 0 Å². The van der Waals surface area contributed by atoms with E-state index < -0.39 is 0 Å². The van der Waals surface area contributed by atoms with Gasteiger partial charge in [-0.3, -0.25) is 0 Å². The van der Waals surface area contributed by atoms with E-state index in [1.807, 2.05) is 0 Å². The van der Waals surface area contributed by atoms with Crippen molar-refractivity contribution in [3.63, 3.8) is 0 Å². The van der Waals surface area contributed by atoms with Gasteiger partial charge >= 0.3 is 0 Å². The molecule has 0 heterocycles. The van der Waals surface area contributed by atoms with E-state index in [9.17, 15) is 0 Å². The first kappa shape index (κ1) is 14.2. The van der Waals surface area contributed by atoms with E-state index in [2.05, 4.69) is 68.6 Å². The fraction of sp³-hybridized carbons (Fsp3) is 0.368. The molecular formula is C19H23NO. The van der Waals surface area contributed by atoms with Crippen LogP contribution in [-0.2, 0) is 6.42 Å². The van der Waals surface area contributed by atoms with E-state index >= 15 is 0 Å². The Morgan fingerprint density at radius 2 is 1.95 bits per heavy atom. The molecule has 2 aromatic carbocycles. The summed E-state index contributed by atoms with van der Waals surface area (Å²) in [4.78, 5) is 0. The van der Waals surface area contributed by atoms with Gasteiger partial charge in [-0.25, -0.2) is 0 Å². The molecule has 110 valence electrons. The van der Waals surface area contributed by atoms with E-state index in [4.69, 9.17) is 4.74 Å². The lowest BCUT2D eigenvalue weighted by atomic mass is 10.1. The van der Waals surface area contributed by atoms with Crippen LogP contribution in [-0.4, -0.2) is 12.6 Å². The van der Waals surface area contributed by atoms with Crippen molar-refractivity contribution in [2.24, 2.45) is 0 Å². The van der Waals surface area contributed by atoms with Crippen LogP contribution in [0.5, 0.6) is 5.75 Å². The van der Waals surface area contributed by atoms with E-state index in [1.165, 1.54) is 22.3 Å². The van der Waals surface area contributed by atoms with Gasteiger partial charge in [-0.05, 0) is 48.7 Å². The molecule has 2 aromatic rings. The molecule has 1 aliphatic rings. The van der Waals surface area contributed by atoms with Crippen LogP contribution in [0.3, 0.4) is 0 Å². The van der Waals surface area contributed by atoms with Crippen molar-refractivity contribution in [1.82, 2.24) is 5.32 Å². The van der Waals surface area contributed by atoms with Crippen LogP contribution in [0.1, 0.15) is 35.2 Å². The summed E-state index contributed by atoms with van der Waals surface area (Å²) >= 11 is 0. The molecule has 3 rings (SSSR count). The van der Waals surface area contributed by atoms with Gasteiger partial charge in [0.1, 0.15) is 11.9 Å². The summed E-state index contributed by atoms with van der Waals surface area (Å²) in [6.07, 6.45) is 1.14. The predicted molar refractivity (Wildman–Crippen MR) is 86.9 cm³/mol. The lowest BCUT2D eigenvalue weighted by Crippen LogP contribution is -2.33. The normalized spacial score (nSPS) is 20.3. The summed E-state index contributed by atoms with van der Waals surface area (Å²) in [6, 6.07) is 15.3. The molecule has 0 radical (unpaired) electrons. The number of hydrogen-bond acceptors (Lipinski definition) is 2. The quantitative estimate of drug-likeness (QED) is 0.916. The van der Waals surface area contributed by atoms with Crippen LogP contribution >= 0.6 is 0 Å². The van der Waals surface area contributed by atoms with Crippen molar-refractivity contribution in [2.75, 3.05) is 6.54 Å². The molecule has 0 aliphatic heterocycles. The Morgan fingerprint density at radius 3 is 2.76 bits per heavy atom. The molecule has 21 heavy (non-hydrogen) atoms. The highest BCUT2D eigenvalue weighted by molar-refractivity contribution is 5.40. The minimum absolute atomic E-state index is 0.169. The first-order chi connectivity index (χ1) is 10.2. The first-order valence-electron chi connectivity index (χ1n) is 7.74. The van der Waals surface area contributed by atoms with E-state index in [1.54, 1.807) is 0 Å². The topological polar surface area (TPSA) is 21.3 Å². The van der Waals surface area contributed by atoms with Crippen molar-refractivity contribution in [3.8, 4) is 5.75 Å². The molecule has 2 heteroatoms. The van der Waals surface area contributed by atoms with E-state index in [-0.39, 0.29) is 12.1 Å². The van der Waals surface area contributed by atoms with Gasteiger partial charge in [0.25, 0.3) is 0 Å². The molecule has 0 saturated carbocycles. The van der Waals surface area contributed by atoms with Crippen LogP contribution in [0.4, 0.5) is 0 Å². The molecule has 2 nitrogen and oxygen atoms in total. The van der Waals surface area contributed by atoms with Crippen LogP contribution < -0.4 is 10.1 Å². The fourth-order valence-corrected chi connectivity index (χ4v) is 3.13. The molecule has 0 bridgehead atoms. The second-order valence-corrected chi connectivity index (χ2v) is 5.86. The Morgan fingerprint density at radius 1 is 1.14 bits per heavy atom. The summed E-state index contributed by atoms with van der Waals surface area (Å²) < 4.78 is 6.37. The van der Waals surface area contributed by atoms with Gasteiger partial charge in [0.2, 0.25) is 0 Å². The minimum Gasteiger partial charge on any atom is -0.488 e. The zero-order valence-electron chi connectivity index (χ0n) is 13.0. The summed E-state index contributed by atoms with van der Waals surface area (Å²) in [6.45, 7) is 7.32.